The van der Waals surface area contributed by atoms with Gasteiger partial charge >= 0.3 is 0 Å². The minimum absolute atomic E-state index is 0.0868. The van der Waals surface area contributed by atoms with Crippen LogP contribution in [0, 0.1) is 27.7 Å². The maximum absolute atomic E-state index is 13.6. The van der Waals surface area contributed by atoms with E-state index in [1.54, 1.807) is 23.1 Å². The molecule has 1 aliphatic rings. The maximum Gasteiger partial charge on any atom is 0.271 e. The Kier molecular flexibility index (Phi) is 6.89. The van der Waals surface area contributed by atoms with Gasteiger partial charge in [0, 0.05) is 0 Å². The lowest BCUT2D eigenvalue weighted by atomic mass is 10.1. The van der Waals surface area contributed by atoms with Crippen LogP contribution in [0.25, 0.3) is 6.08 Å². The number of hydrogen-bond acceptors (Lipinski definition) is 6. The molecule has 6 nitrogen and oxygen atoms in total. The van der Waals surface area contributed by atoms with Gasteiger partial charge in [-0.05, 0) is 110 Å². The van der Waals surface area contributed by atoms with E-state index >= 15 is 0 Å². The van der Waals surface area contributed by atoms with Crippen molar-refractivity contribution < 1.29 is 19.4 Å². The summed E-state index contributed by atoms with van der Waals surface area (Å²) in [7, 11) is 2.94. The largest absolute Gasteiger partial charge is 0.502 e. The smallest absolute Gasteiger partial charge is 0.271 e. The summed E-state index contributed by atoms with van der Waals surface area (Å²) in [5.41, 5.74) is 6.78. The predicted molar refractivity (Wildman–Crippen MR) is 143 cm³/mol. The lowest BCUT2D eigenvalue weighted by Crippen LogP contribution is -2.28. The molecule has 0 aromatic heterocycles. The van der Waals surface area contributed by atoms with E-state index in [-0.39, 0.29) is 23.2 Å². The molecule has 0 bridgehead atoms. The predicted octanol–water partition coefficient (Wildman–Crippen LogP) is 6.45. The number of aryl methyl sites for hydroxylation is 4. The van der Waals surface area contributed by atoms with Crippen molar-refractivity contribution in [3.05, 3.63) is 81.3 Å². The molecule has 1 N–H and O–H groups in total. The molecule has 35 heavy (non-hydrogen) atoms. The van der Waals surface area contributed by atoms with Gasteiger partial charge in [-0.25, -0.2) is 4.99 Å². The van der Waals surface area contributed by atoms with Gasteiger partial charge < -0.3 is 14.6 Å². The molecule has 0 saturated carbocycles. The number of anilines is 1. The Morgan fingerprint density at radius 3 is 2.03 bits per heavy atom. The second-order valence-electron chi connectivity index (χ2n) is 8.46. The molecule has 4 rings (SSSR count). The molecule has 0 radical (unpaired) electrons. The van der Waals surface area contributed by atoms with E-state index in [9.17, 15) is 9.90 Å². The highest BCUT2D eigenvalue weighted by Gasteiger charge is 2.35. The number of amides is 1. The SMILES string of the molecule is COc1cc(C=C2SC(=Nc3ccc(C)c(C)c3)N(c3ccc(C)c(C)c3)C2=O)cc(OC)c1O. The first-order valence-corrected chi connectivity index (χ1v) is 12.0. The third kappa shape index (κ3) is 4.91. The van der Waals surface area contributed by atoms with Crippen molar-refractivity contribution in [3.8, 4) is 17.2 Å². The van der Waals surface area contributed by atoms with Crippen LogP contribution in [0.4, 0.5) is 11.4 Å². The van der Waals surface area contributed by atoms with E-state index in [1.165, 1.54) is 31.5 Å². The molecule has 0 aliphatic carbocycles. The third-order valence-electron chi connectivity index (χ3n) is 6.07. The number of hydrogen-bond donors (Lipinski definition) is 1. The van der Waals surface area contributed by atoms with E-state index < -0.39 is 0 Å². The lowest BCUT2D eigenvalue weighted by Gasteiger charge is -2.17. The van der Waals surface area contributed by atoms with Crippen LogP contribution in [-0.2, 0) is 4.79 Å². The van der Waals surface area contributed by atoms with Gasteiger partial charge in [0.2, 0.25) is 5.75 Å². The lowest BCUT2D eigenvalue weighted by molar-refractivity contribution is -0.113. The van der Waals surface area contributed by atoms with Gasteiger partial charge in [-0.3, -0.25) is 9.69 Å². The number of aromatic hydroxyl groups is 1. The Balaban J connectivity index is 1.82. The number of methoxy groups -OCH3 is 2. The third-order valence-corrected chi connectivity index (χ3v) is 7.04. The van der Waals surface area contributed by atoms with Crippen LogP contribution < -0.4 is 14.4 Å². The number of ether oxygens (including phenoxy) is 2. The van der Waals surface area contributed by atoms with E-state index in [1.807, 2.05) is 57.2 Å². The van der Waals surface area contributed by atoms with Gasteiger partial charge in [0.15, 0.2) is 16.7 Å². The normalized spacial score (nSPS) is 15.8. The fourth-order valence-electron chi connectivity index (χ4n) is 3.70. The van der Waals surface area contributed by atoms with Crippen LogP contribution in [0.1, 0.15) is 27.8 Å². The topological polar surface area (TPSA) is 71.4 Å². The highest BCUT2D eigenvalue weighted by Crippen LogP contribution is 2.41. The Hall–Kier alpha value is -3.71. The summed E-state index contributed by atoms with van der Waals surface area (Å²) < 4.78 is 10.5. The maximum atomic E-state index is 13.6. The van der Waals surface area contributed by atoms with E-state index in [0.717, 1.165) is 28.1 Å². The molecule has 7 heteroatoms. The number of benzene rings is 3. The van der Waals surface area contributed by atoms with Gasteiger partial charge in [-0.15, -0.1) is 0 Å². The zero-order valence-electron chi connectivity index (χ0n) is 20.7. The highest BCUT2D eigenvalue weighted by atomic mass is 32.2. The number of phenols is 1. The first-order chi connectivity index (χ1) is 16.7. The zero-order chi connectivity index (χ0) is 25.3. The second kappa shape index (κ2) is 9.88. The van der Waals surface area contributed by atoms with Crippen molar-refractivity contribution in [1.29, 1.82) is 0 Å². The zero-order valence-corrected chi connectivity index (χ0v) is 21.5. The van der Waals surface area contributed by atoms with Crippen LogP contribution in [0.2, 0.25) is 0 Å². The average molecular weight is 489 g/mol. The van der Waals surface area contributed by atoms with Crippen LogP contribution >= 0.6 is 11.8 Å². The Morgan fingerprint density at radius 2 is 1.46 bits per heavy atom. The van der Waals surface area contributed by atoms with Crippen molar-refractivity contribution in [3.63, 3.8) is 0 Å². The van der Waals surface area contributed by atoms with E-state index in [2.05, 4.69) is 6.92 Å². The monoisotopic (exact) mass is 488 g/mol. The number of thioether (sulfide) groups is 1. The standard InChI is InChI=1S/C28H28N2O4S/c1-16-7-9-21(11-18(16)3)29-28-30(22-10-8-17(2)19(4)12-22)27(32)25(35-28)15-20-13-23(33-5)26(31)24(14-20)34-6/h7-15,31H,1-6H3. The summed E-state index contributed by atoms with van der Waals surface area (Å²) in [6.45, 7) is 8.17. The van der Waals surface area contributed by atoms with E-state index in [4.69, 9.17) is 14.5 Å². The van der Waals surface area contributed by atoms with Crippen LogP contribution in [0.3, 0.4) is 0 Å². The minimum atomic E-state index is -0.174. The van der Waals surface area contributed by atoms with Crippen molar-refractivity contribution >= 4 is 40.3 Å². The molecule has 1 fully saturated rings. The number of aliphatic imine (C=N–C) groups is 1. The summed E-state index contributed by atoms with van der Waals surface area (Å²) in [6.07, 6.45) is 1.76. The molecule has 1 amide bonds. The quantitative estimate of drug-likeness (QED) is 0.418. The van der Waals surface area contributed by atoms with Crippen LogP contribution in [0.15, 0.2) is 58.4 Å². The second-order valence-corrected chi connectivity index (χ2v) is 9.47. The first kappa shape index (κ1) is 24.4. The summed E-state index contributed by atoms with van der Waals surface area (Å²) >= 11 is 1.31. The molecule has 1 heterocycles. The average Bonchev–Trinajstić information content (AvgIpc) is 3.13. The van der Waals surface area contributed by atoms with Gasteiger partial charge in [0.05, 0.1) is 30.5 Å². The molecular formula is C28H28N2O4S. The fraction of sp³-hybridized carbons (Fsp3) is 0.214. The Morgan fingerprint density at radius 1 is 0.857 bits per heavy atom. The number of nitrogens with zero attached hydrogens (tertiary/aromatic N) is 2. The molecule has 0 spiro atoms. The van der Waals surface area contributed by atoms with Crippen molar-refractivity contribution in [1.82, 2.24) is 0 Å². The number of phenolic OH excluding ortho intramolecular Hbond substituents is 1. The first-order valence-electron chi connectivity index (χ1n) is 11.1. The summed E-state index contributed by atoms with van der Waals surface area (Å²) in [5.74, 6) is 0.270. The number of rotatable bonds is 5. The summed E-state index contributed by atoms with van der Waals surface area (Å²) in [5, 5.41) is 10.8. The molecule has 3 aromatic carbocycles. The van der Waals surface area contributed by atoms with Gasteiger partial charge in [-0.2, -0.15) is 0 Å². The molecule has 0 atom stereocenters. The van der Waals surface area contributed by atoms with Crippen molar-refractivity contribution in [2.24, 2.45) is 4.99 Å². The minimum Gasteiger partial charge on any atom is -0.502 e. The van der Waals surface area contributed by atoms with E-state index in [0.29, 0.717) is 15.6 Å². The summed E-state index contributed by atoms with van der Waals surface area (Å²) in [4.78, 5) is 20.6. The van der Waals surface area contributed by atoms with Crippen LogP contribution in [0.5, 0.6) is 17.2 Å². The van der Waals surface area contributed by atoms with Gasteiger partial charge in [-0.1, -0.05) is 12.1 Å². The van der Waals surface area contributed by atoms with Crippen molar-refractivity contribution in [2.75, 3.05) is 19.1 Å². The van der Waals surface area contributed by atoms with Crippen molar-refractivity contribution in [2.45, 2.75) is 27.7 Å². The van der Waals surface area contributed by atoms with Crippen LogP contribution in [-0.4, -0.2) is 30.4 Å². The number of amidine groups is 1. The Bertz CT molecular complexity index is 1350. The number of carbonyl (C=O) groups is 1. The number of carbonyl (C=O) groups excluding carboxylic acids is 1. The summed E-state index contributed by atoms with van der Waals surface area (Å²) in [6, 6.07) is 15.3. The Labute approximate surface area is 209 Å². The molecular weight excluding hydrogens is 460 g/mol. The fourth-order valence-corrected chi connectivity index (χ4v) is 4.70. The molecule has 1 saturated heterocycles. The molecule has 0 unspecified atom stereocenters. The molecule has 1 aliphatic heterocycles. The highest BCUT2D eigenvalue weighted by molar-refractivity contribution is 8.19. The molecule has 3 aromatic rings. The van der Waals surface area contributed by atoms with Gasteiger partial charge in [0.1, 0.15) is 0 Å². The van der Waals surface area contributed by atoms with Gasteiger partial charge in [0.25, 0.3) is 5.91 Å². The molecule has 180 valence electrons.